The van der Waals surface area contributed by atoms with Gasteiger partial charge in [0, 0.05) is 5.57 Å². The van der Waals surface area contributed by atoms with E-state index in [1.165, 1.54) is 6.20 Å². The van der Waals surface area contributed by atoms with Crippen molar-refractivity contribution in [2.24, 2.45) is 11.7 Å². The van der Waals surface area contributed by atoms with E-state index < -0.39 is 5.97 Å². The minimum absolute atomic E-state index is 0.0115. The van der Waals surface area contributed by atoms with Crippen molar-refractivity contribution in [3.05, 3.63) is 23.4 Å². The van der Waals surface area contributed by atoms with E-state index in [2.05, 4.69) is 0 Å². The van der Waals surface area contributed by atoms with Gasteiger partial charge in [0.05, 0.1) is 0 Å². The molecule has 0 amide bonds. The van der Waals surface area contributed by atoms with Gasteiger partial charge in [0.25, 0.3) is 0 Å². The Bertz CT molecular complexity index is 227. The highest BCUT2D eigenvalue weighted by Crippen LogP contribution is 2.11. The molecule has 0 fully saturated rings. The molecular weight excluding hydrogens is 154 g/mol. The molecule has 0 spiro atoms. The Hall–Kier alpha value is -1.25. The molecule has 3 heteroatoms. The second-order valence-electron chi connectivity index (χ2n) is 2.97. The first-order chi connectivity index (χ1) is 5.49. The highest BCUT2D eigenvalue weighted by Gasteiger charge is 2.10. The molecule has 0 aromatic heterocycles. The first-order valence-corrected chi connectivity index (χ1v) is 3.82. The number of hydrogen-bond donors (Lipinski definition) is 2. The highest BCUT2D eigenvalue weighted by molar-refractivity contribution is 5.87. The van der Waals surface area contributed by atoms with E-state index in [0.29, 0.717) is 5.57 Å². The van der Waals surface area contributed by atoms with Crippen molar-refractivity contribution in [2.45, 2.75) is 20.8 Å². The normalized spacial score (nSPS) is 13.7. The number of nitrogens with two attached hydrogens (primary N) is 1. The van der Waals surface area contributed by atoms with Crippen LogP contribution < -0.4 is 5.73 Å². The molecule has 0 unspecified atom stereocenters. The maximum absolute atomic E-state index is 10.7. The quantitative estimate of drug-likeness (QED) is 0.497. The predicted molar refractivity (Wildman–Crippen MR) is 48.5 cm³/mol. The van der Waals surface area contributed by atoms with Crippen molar-refractivity contribution < 1.29 is 9.90 Å². The Morgan fingerprint density at radius 1 is 1.50 bits per heavy atom. The van der Waals surface area contributed by atoms with Gasteiger partial charge in [0.1, 0.15) is 0 Å². The summed E-state index contributed by atoms with van der Waals surface area (Å²) in [7, 11) is 0. The highest BCUT2D eigenvalue weighted by atomic mass is 16.4. The summed E-state index contributed by atoms with van der Waals surface area (Å²) in [5.41, 5.74) is 6.37. The van der Waals surface area contributed by atoms with Crippen molar-refractivity contribution in [2.75, 3.05) is 0 Å². The van der Waals surface area contributed by atoms with E-state index in [1.54, 1.807) is 13.0 Å². The fraction of sp³-hybridized carbons (Fsp3) is 0.444. The second kappa shape index (κ2) is 4.59. The van der Waals surface area contributed by atoms with Crippen molar-refractivity contribution in [3.8, 4) is 0 Å². The molecule has 0 aromatic rings. The van der Waals surface area contributed by atoms with Gasteiger partial charge >= 0.3 is 5.97 Å². The number of rotatable bonds is 3. The van der Waals surface area contributed by atoms with Crippen molar-refractivity contribution in [1.29, 1.82) is 0 Å². The minimum atomic E-state index is -0.883. The lowest BCUT2D eigenvalue weighted by Gasteiger charge is -2.05. The average Bonchev–Trinajstić information content (AvgIpc) is 1.98. The standard InChI is InChI=1S/C9H15NO2/c1-6(2)8(9(11)12)4-7(3)5-10/h4-6H,10H2,1-3H3,(H,11,12)/b7-5-,8-4+. The summed E-state index contributed by atoms with van der Waals surface area (Å²) in [5.74, 6) is -0.872. The molecule has 3 N–H and O–H groups in total. The molecule has 0 heterocycles. The lowest BCUT2D eigenvalue weighted by atomic mass is 10.0. The van der Waals surface area contributed by atoms with Crippen LogP contribution in [-0.4, -0.2) is 11.1 Å². The minimum Gasteiger partial charge on any atom is -0.478 e. The first-order valence-electron chi connectivity index (χ1n) is 3.82. The summed E-state index contributed by atoms with van der Waals surface area (Å²) >= 11 is 0. The Balaban J connectivity index is 4.74. The van der Waals surface area contributed by atoms with Crippen LogP contribution in [0.1, 0.15) is 20.8 Å². The molecule has 0 bridgehead atoms. The average molecular weight is 169 g/mol. The molecule has 0 aliphatic rings. The molecule has 0 saturated carbocycles. The third kappa shape index (κ3) is 3.23. The van der Waals surface area contributed by atoms with E-state index in [-0.39, 0.29) is 5.92 Å². The third-order valence-corrected chi connectivity index (χ3v) is 1.52. The molecule has 0 aromatic carbocycles. The van der Waals surface area contributed by atoms with Crippen LogP contribution in [0.4, 0.5) is 0 Å². The van der Waals surface area contributed by atoms with Gasteiger partial charge in [-0.25, -0.2) is 4.79 Å². The fourth-order valence-corrected chi connectivity index (χ4v) is 0.769. The van der Waals surface area contributed by atoms with E-state index in [9.17, 15) is 4.79 Å². The van der Waals surface area contributed by atoms with Crippen molar-refractivity contribution >= 4 is 5.97 Å². The van der Waals surface area contributed by atoms with Gasteiger partial charge in [0.2, 0.25) is 0 Å². The van der Waals surface area contributed by atoms with Gasteiger partial charge in [-0.1, -0.05) is 13.8 Å². The number of carboxylic acids is 1. The topological polar surface area (TPSA) is 63.3 Å². The van der Waals surface area contributed by atoms with Crippen molar-refractivity contribution in [3.63, 3.8) is 0 Å². The molecule has 0 atom stereocenters. The number of carbonyl (C=O) groups is 1. The predicted octanol–water partition coefficient (Wildman–Crippen LogP) is 1.52. The van der Waals surface area contributed by atoms with Gasteiger partial charge in [-0.15, -0.1) is 0 Å². The van der Waals surface area contributed by atoms with Crippen LogP contribution in [0, 0.1) is 5.92 Å². The molecular formula is C9H15NO2. The SMILES string of the molecule is CC(=C/N)/C=C(/C(=O)O)C(C)C. The van der Waals surface area contributed by atoms with E-state index in [4.69, 9.17) is 10.8 Å². The molecule has 12 heavy (non-hydrogen) atoms. The largest absolute Gasteiger partial charge is 0.478 e. The zero-order chi connectivity index (χ0) is 9.72. The molecule has 0 rings (SSSR count). The van der Waals surface area contributed by atoms with Crippen LogP contribution in [0.5, 0.6) is 0 Å². The van der Waals surface area contributed by atoms with Crippen molar-refractivity contribution in [1.82, 2.24) is 0 Å². The van der Waals surface area contributed by atoms with Gasteiger partial charge in [-0.05, 0) is 30.7 Å². The Kier molecular flexibility index (Phi) is 4.11. The molecule has 68 valence electrons. The second-order valence-corrected chi connectivity index (χ2v) is 2.97. The zero-order valence-electron chi connectivity index (χ0n) is 7.66. The number of hydrogen-bond acceptors (Lipinski definition) is 2. The van der Waals surface area contributed by atoms with Crippen LogP contribution in [-0.2, 0) is 4.79 Å². The maximum Gasteiger partial charge on any atom is 0.331 e. The monoisotopic (exact) mass is 169 g/mol. The van der Waals surface area contributed by atoms with Crippen LogP contribution >= 0.6 is 0 Å². The fourth-order valence-electron chi connectivity index (χ4n) is 0.769. The number of allylic oxidation sites excluding steroid dienone is 2. The third-order valence-electron chi connectivity index (χ3n) is 1.52. The maximum atomic E-state index is 10.7. The summed E-state index contributed by atoms with van der Waals surface area (Å²) in [6.45, 7) is 5.44. The summed E-state index contributed by atoms with van der Waals surface area (Å²) in [6, 6.07) is 0. The lowest BCUT2D eigenvalue weighted by molar-refractivity contribution is -0.133. The van der Waals surface area contributed by atoms with Gasteiger partial charge in [-0.2, -0.15) is 0 Å². The van der Waals surface area contributed by atoms with Crippen LogP contribution in [0.3, 0.4) is 0 Å². The molecule has 0 aliphatic heterocycles. The summed E-state index contributed by atoms with van der Waals surface area (Å²) < 4.78 is 0. The summed E-state index contributed by atoms with van der Waals surface area (Å²) in [4.78, 5) is 10.7. The lowest BCUT2D eigenvalue weighted by Crippen LogP contribution is -2.07. The van der Waals surface area contributed by atoms with Crippen LogP contribution in [0.2, 0.25) is 0 Å². The van der Waals surface area contributed by atoms with Gasteiger partial charge in [0.15, 0.2) is 0 Å². The Morgan fingerprint density at radius 3 is 2.25 bits per heavy atom. The first kappa shape index (κ1) is 10.8. The molecule has 0 saturated heterocycles. The number of carboxylic acid groups (broad SMARTS) is 1. The molecule has 0 aliphatic carbocycles. The molecule has 0 radical (unpaired) electrons. The van der Waals surface area contributed by atoms with Crippen LogP contribution in [0.15, 0.2) is 23.4 Å². The van der Waals surface area contributed by atoms with E-state index >= 15 is 0 Å². The van der Waals surface area contributed by atoms with Crippen LogP contribution in [0.25, 0.3) is 0 Å². The zero-order valence-corrected chi connectivity index (χ0v) is 7.66. The molecule has 3 nitrogen and oxygen atoms in total. The summed E-state index contributed by atoms with van der Waals surface area (Å²) in [5, 5.41) is 8.75. The smallest absolute Gasteiger partial charge is 0.331 e. The van der Waals surface area contributed by atoms with E-state index in [0.717, 1.165) is 5.57 Å². The van der Waals surface area contributed by atoms with Gasteiger partial charge < -0.3 is 10.8 Å². The Labute approximate surface area is 72.6 Å². The van der Waals surface area contributed by atoms with Gasteiger partial charge in [-0.3, -0.25) is 0 Å². The van der Waals surface area contributed by atoms with E-state index in [1.807, 2.05) is 13.8 Å². The number of aliphatic carboxylic acids is 1. The Morgan fingerprint density at radius 2 is 2.00 bits per heavy atom. The summed E-state index contributed by atoms with van der Waals surface area (Å²) in [6.07, 6.45) is 2.98.